The molecule has 4 unspecified atom stereocenters. The summed E-state index contributed by atoms with van der Waals surface area (Å²) in [5, 5.41) is 0. The molecule has 1 aliphatic heterocycles. The average molecular weight is 257 g/mol. The number of fused-ring (bicyclic) bond motifs is 3. The highest BCUT2D eigenvalue weighted by atomic mass is 32.1. The van der Waals surface area contributed by atoms with Gasteiger partial charge in [-0.15, -0.1) is 0 Å². The van der Waals surface area contributed by atoms with Crippen molar-refractivity contribution >= 4 is 18.6 Å². The molecule has 4 heteroatoms. The Bertz CT molecular complexity index is 320. The monoisotopic (exact) mass is 257 g/mol. The number of carbonyl (C=O) groups is 1. The summed E-state index contributed by atoms with van der Waals surface area (Å²) in [6.07, 6.45) is 5.69. The number of cyclic esters (lactones) is 1. The molecule has 3 nitrogen and oxygen atoms in total. The summed E-state index contributed by atoms with van der Waals surface area (Å²) in [7, 11) is 0. The van der Waals surface area contributed by atoms with E-state index in [9.17, 15) is 4.79 Å². The van der Waals surface area contributed by atoms with Crippen molar-refractivity contribution in [2.24, 2.45) is 17.3 Å². The average Bonchev–Trinajstić information content (AvgIpc) is 2.94. The Kier molecular flexibility index (Phi) is 3.11. The second kappa shape index (κ2) is 4.47. The molecule has 3 rings (SSSR count). The maximum Gasteiger partial charge on any atom is 0.306 e. The maximum absolute atomic E-state index is 11.4. The van der Waals surface area contributed by atoms with Gasteiger partial charge >= 0.3 is 5.97 Å². The molecule has 0 aromatic carbocycles. The van der Waals surface area contributed by atoms with Gasteiger partial charge in [-0.2, -0.15) is 0 Å². The van der Waals surface area contributed by atoms with Crippen LogP contribution in [0.4, 0.5) is 0 Å². The standard InChI is InChI=1S/C13H20O3S/c14-12-7-13(8-16-12)6-9-4-10(13)11(5-9)15-2-1-3-17/h9-11,17H,1-8H2/p+1. The lowest BCUT2D eigenvalue weighted by molar-refractivity contribution is -0.137. The largest absolute Gasteiger partial charge is 0.465 e. The van der Waals surface area contributed by atoms with Crippen molar-refractivity contribution in [2.75, 3.05) is 19.0 Å². The molecule has 3 aliphatic rings. The number of hydrogen-bond acceptors (Lipinski definition) is 3. The summed E-state index contributed by atoms with van der Waals surface area (Å²) < 4.78 is 11.2. The summed E-state index contributed by atoms with van der Waals surface area (Å²) in [5.41, 5.74) is 0.138. The van der Waals surface area contributed by atoms with Gasteiger partial charge < -0.3 is 9.47 Å². The summed E-state index contributed by atoms with van der Waals surface area (Å²) in [4.78, 5) is 11.4. The summed E-state index contributed by atoms with van der Waals surface area (Å²) >= 11 is 3.47. The molecule has 3 fully saturated rings. The Balaban J connectivity index is 1.64. The molecule has 96 valence electrons. The van der Waals surface area contributed by atoms with Crippen LogP contribution in [0.1, 0.15) is 32.1 Å². The molecule has 1 spiro atoms. The number of ether oxygens (including phenoxy) is 2. The van der Waals surface area contributed by atoms with Gasteiger partial charge in [0, 0.05) is 11.8 Å². The van der Waals surface area contributed by atoms with Gasteiger partial charge in [0.15, 0.2) is 0 Å². The highest BCUT2D eigenvalue weighted by molar-refractivity contribution is 7.58. The van der Waals surface area contributed by atoms with E-state index in [1.807, 2.05) is 0 Å². The van der Waals surface area contributed by atoms with Crippen LogP contribution in [-0.4, -0.2) is 31.0 Å². The van der Waals surface area contributed by atoms with E-state index in [1.165, 1.54) is 19.3 Å². The zero-order valence-corrected chi connectivity index (χ0v) is 11.1. The van der Waals surface area contributed by atoms with E-state index in [1.54, 1.807) is 0 Å². The van der Waals surface area contributed by atoms with E-state index in [0.717, 1.165) is 24.7 Å². The molecule has 0 amide bonds. The molecular weight excluding hydrogens is 236 g/mol. The molecule has 2 bridgehead atoms. The third-order valence-electron chi connectivity index (χ3n) is 4.75. The van der Waals surface area contributed by atoms with Gasteiger partial charge in [-0.3, -0.25) is 4.79 Å². The zero-order chi connectivity index (χ0) is 11.9. The minimum atomic E-state index is -0.00328. The molecule has 4 atom stereocenters. The fourth-order valence-corrected chi connectivity index (χ4v) is 4.26. The van der Waals surface area contributed by atoms with Crippen LogP contribution in [0.3, 0.4) is 0 Å². The summed E-state index contributed by atoms with van der Waals surface area (Å²) in [6.45, 7) is 1.48. The predicted octanol–water partition coefficient (Wildman–Crippen LogP) is 1.14. The molecular formula is C13H21O3S+. The molecule has 17 heavy (non-hydrogen) atoms. The highest BCUT2D eigenvalue weighted by Gasteiger charge is 2.59. The molecule has 0 aromatic heterocycles. The second-order valence-electron chi connectivity index (χ2n) is 5.86. The van der Waals surface area contributed by atoms with E-state index in [0.29, 0.717) is 25.0 Å². The number of rotatable bonds is 4. The molecule has 2 aliphatic carbocycles. The fourth-order valence-electron chi connectivity index (χ4n) is 4.11. The number of hydrogen-bond donors (Lipinski definition) is 0. The lowest BCUT2D eigenvalue weighted by Gasteiger charge is -2.36. The van der Waals surface area contributed by atoms with Gasteiger partial charge in [-0.25, -0.2) is 0 Å². The third kappa shape index (κ3) is 1.99. The van der Waals surface area contributed by atoms with Crippen LogP contribution in [0.2, 0.25) is 0 Å². The van der Waals surface area contributed by atoms with E-state index in [-0.39, 0.29) is 11.4 Å². The van der Waals surface area contributed by atoms with Gasteiger partial charge in [0.1, 0.15) is 5.75 Å². The Morgan fingerprint density at radius 3 is 3.00 bits per heavy atom. The van der Waals surface area contributed by atoms with Gasteiger partial charge in [0.25, 0.3) is 0 Å². The minimum Gasteiger partial charge on any atom is -0.465 e. The van der Waals surface area contributed by atoms with Crippen molar-refractivity contribution in [2.45, 2.75) is 38.2 Å². The third-order valence-corrected chi connectivity index (χ3v) is 5.11. The van der Waals surface area contributed by atoms with Crippen LogP contribution < -0.4 is 0 Å². The van der Waals surface area contributed by atoms with Crippen LogP contribution in [-0.2, 0) is 26.9 Å². The molecule has 0 N–H and O–H groups in total. The first-order chi connectivity index (χ1) is 8.23. The van der Waals surface area contributed by atoms with Gasteiger partial charge in [0.2, 0.25) is 0 Å². The Morgan fingerprint density at radius 1 is 1.47 bits per heavy atom. The second-order valence-corrected chi connectivity index (χ2v) is 6.36. The quantitative estimate of drug-likeness (QED) is 0.430. The maximum atomic E-state index is 11.4. The number of esters is 1. The molecule has 0 aromatic rings. The summed E-state index contributed by atoms with van der Waals surface area (Å²) in [5.74, 6) is 2.32. The van der Waals surface area contributed by atoms with Crippen molar-refractivity contribution in [3.63, 3.8) is 0 Å². The van der Waals surface area contributed by atoms with Gasteiger partial charge in [-0.1, -0.05) is 0 Å². The predicted molar refractivity (Wildman–Crippen MR) is 68.2 cm³/mol. The Labute approximate surface area is 108 Å². The number of carbonyl (C=O) groups excluding carboxylic acids is 1. The van der Waals surface area contributed by atoms with Crippen molar-refractivity contribution in [3.05, 3.63) is 0 Å². The van der Waals surface area contributed by atoms with Crippen LogP contribution >= 0.6 is 0 Å². The first kappa shape index (κ1) is 11.8. The van der Waals surface area contributed by atoms with Crippen LogP contribution in [0.25, 0.3) is 0 Å². The zero-order valence-electron chi connectivity index (χ0n) is 10.1. The van der Waals surface area contributed by atoms with Crippen LogP contribution in [0, 0.1) is 17.3 Å². The van der Waals surface area contributed by atoms with Crippen LogP contribution in [0.15, 0.2) is 0 Å². The normalized spacial score (nSPS) is 43.6. The molecule has 1 saturated heterocycles. The van der Waals surface area contributed by atoms with E-state index < -0.39 is 0 Å². The highest BCUT2D eigenvalue weighted by Crippen LogP contribution is 2.60. The van der Waals surface area contributed by atoms with E-state index >= 15 is 0 Å². The lowest BCUT2D eigenvalue weighted by Crippen LogP contribution is -2.38. The molecule has 1 heterocycles. The molecule has 0 radical (unpaired) electrons. The van der Waals surface area contributed by atoms with E-state index in [2.05, 4.69) is 12.6 Å². The van der Waals surface area contributed by atoms with E-state index in [4.69, 9.17) is 9.47 Å². The summed E-state index contributed by atoms with van der Waals surface area (Å²) in [6, 6.07) is 0. The van der Waals surface area contributed by atoms with Crippen molar-refractivity contribution in [1.29, 1.82) is 0 Å². The fraction of sp³-hybridized carbons (Fsp3) is 0.923. The Morgan fingerprint density at radius 2 is 2.35 bits per heavy atom. The first-order valence-electron chi connectivity index (χ1n) is 6.65. The molecule has 2 saturated carbocycles. The first-order valence-corrected chi connectivity index (χ1v) is 7.36. The lowest BCUT2D eigenvalue weighted by atomic mass is 9.71. The SMILES string of the molecule is O=C1CC2(CO1)CC1CC(OCCC[SH2+])C2C1. The van der Waals surface area contributed by atoms with Gasteiger partial charge in [0.05, 0.1) is 25.7 Å². The Hall–Kier alpha value is -0.220. The van der Waals surface area contributed by atoms with Crippen molar-refractivity contribution in [3.8, 4) is 0 Å². The van der Waals surface area contributed by atoms with Crippen LogP contribution in [0.5, 0.6) is 0 Å². The van der Waals surface area contributed by atoms with Gasteiger partial charge in [-0.05, 0) is 43.7 Å². The minimum absolute atomic E-state index is 0.00328. The van der Waals surface area contributed by atoms with Crippen molar-refractivity contribution in [1.82, 2.24) is 0 Å². The topological polar surface area (TPSA) is 35.5 Å². The van der Waals surface area contributed by atoms with Crippen molar-refractivity contribution < 1.29 is 14.3 Å². The smallest absolute Gasteiger partial charge is 0.306 e.